The van der Waals surface area contributed by atoms with Crippen LogP contribution < -0.4 is 10.2 Å². The third-order valence-corrected chi connectivity index (χ3v) is 4.20. The van der Waals surface area contributed by atoms with Crippen LogP contribution in [0, 0.1) is 5.82 Å². The van der Waals surface area contributed by atoms with Gasteiger partial charge in [0, 0.05) is 4.47 Å². The minimum absolute atomic E-state index is 0.142. The number of nitrogens with one attached hydrogen (secondary N) is 2. The van der Waals surface area contributed by atoms with Gasteiger partial charge >= 0.3 is 0 Å². The van der Waals surface area contributed by atoms with Gasteiger partial charge < -0.3 is 10.2 Å². The Morgan fingerprint density at radius 1 is 1.27 bits per heavy atom. The molecule has 0 aromatic heterocycles. The highest BCUT2D eigenvalue weighted by Crippen LogP contribution is 2.21. The number of likely N-dealkylation sites (N-methyl/N-ethyl adjacent to an activating group) is 1. The monoisotopic (exact) mass is 385 g/mol. The van der Waals surface area contributed by atoms with Crippen molar-refractivity contribution < 1.29 is 14.1 Å². The van der Waals surface area contributed by atoms with Crippen molar-refractivity contribution in [3.05, 3.63) is 63.3 Å². The fourth-order valence-corrected chi connectivity index (χ4v) is 2.71. The lowest BCUT2D eigenvalue weighted by atomic mass is 10.2. The molecule has 0 aliphatic carbocycles. The standard InChI is InChI=1S/C16H15BrClFN2O/c1-21(9-11-13(18)6-4-7-14(11)19)10-16(22)20-15-8-3-2-5-12(15)17/h2-8H,9-10H2,1H3,(H,20,22)/p+1. The number of amides is 1. The maximum atomic E-state index is 13.7. The van der Waals surface area contributed by atoms with Crippen LogP contribution in [0.2, 0.25) is 5.02 Å². The highest BCUT2D eigenvalue weighted by atomic mass is 79.9. The number of carbonyl (C=O) groups is 1. The van der Waals surface area contributed by atoms with E-state index in [-0.39, 0.29) is 18.3 Å². The summed E-state index contributed by atoms with van der Waals surface area (Å²) in [4.78, 5) is 12.9. The third kappa shape index (κ3) is 4.53. The van der Waals surface area contributed by atoms with Crippen LogP contribution in [0.25, 0.3) is 0 Å². The largest absolute Gasteiger partial charge is 0.326 e. The molecule has 2 aromatic carbocycles. The van der Waals surface area contributed by atoms with E-state index >= 15 is 0 Å². The molecule has 6 heteroatoms. The van der Waals surface area contributed by atoms with E-state index in [4.69, 9.17) is 11.6 Å². The van der Waals surface area contributed by atoms with E-state index in [0.29, 0.717) is 22.8 Å². The first-order chi connectivity index (χ1) is 10.5. The van der Waals surface area contributed by atoms with Gasteiger partial charge in [-0.15, -0.1) is 0 Å². The Labute approximate surface area is 142 Å². The second-order valence-corrected chi connectivity index (χ2v) is 6.30. The minimum Gasteiger partial charge on any atom is -0.326 e. The first-order valence-corrected chi connectivity index (χ1v) is 7.93. The summed E-state index contributed by atoms with van der Waals surface area (Å²) in [5.41, 5.74) is 1.14. The highest BCUT2D eigenvalue weighted by molar-refractivity contribution is 9.10. The van der Waals surface area contributed by atoms with Gasteiger partial charge in [-0.3, -0.25) is 4.79 Å². The lowest BCUT2D eigenvalue weighted by Gasteiger charge is -2.15. The first kappa shape index (κ1) is 16.9. The van der Waals surface area contributed by atoms with Gasteiger partial charge in [0.05, 0.1) is 23.3 Å². The molecule has 0 saturated carbocycles. The molecule has 1 atom stereocenters. The van der Waals surface area contributed by atoms with Gasteiger partial charge in [0.2, 0.25) is 0 Å². The van der Waals surface area contributed by atoms with Crippen LogP contribution in [0.5, 0.6) is 0 Å². The van der Waals surface area contributed by atoms with Crippen molar-refractivity contribution in [2.45, 2.75) is 6.54 Å². The van der Waals surface area contributed by atoms with Crippen molar-refractivity contribution in [1.82, 2.24) is 0 Å². The van der Waals surface area contributed by atoms with E-state index in [2.05, 4.69) is 21.2 Å². The SMILES string of the molecule is C[NH+](CC(=O)Nc1ccccc1Br)Cc1c(F)cccc1Cl. The zero-order valence-electron chi connectivity index (χ0n) is 12.0. The summed E-state index contributed by atoms with van der Waals surface area (Å²) in [7, 11) is 1.82. The second kappa shape index (κ2) is 7.72. The summed E-state index contributed by atoms with van der Waals surface area (Å²) < 4.78 is 14.6. The predicted molar refractivity (Wildman–Crippen MR) is 89.6 cm³/mol. The van der Waals surface area contributed by atoms with E-state index in [1.165, 1.54) is 6.07 Å². The summed E-state index contributed by atoms with van der Waals surface area (Å²) in [5.74, 6) is -0.491. The van der Waals surface area contributed by atoms with Gasteiger partial charge in [-0.2, -0.15) is 0 Å². The molecule has 1 unspecified atom stereocenters. The number of hydrogen-bond donors (Lipinski definition) is 2. The third-order valence-electron chi connectivity index (χ3n) is 3.15. The van der Waals surface area contributed by atoms with E-state index in [0.717, 1.165) is 9.37 Å². The number of benzene rings is 2. The Hall–Kier alpha value is -1.43. The zero-order chi connectivity index (χ0) is 16.1. The maximum absolute atomic E-state index is 13.7. The van der Waals surface area contributed by atoms with Crippen LogP contribution in [-0.4, -0.2) is 19.5 Å². The average Bonchev–Trinajstić information content (AvgIpc) is 2.45. The molecule has 1 amide bonds. The maximum Gasteiger partial charge on any atom is 0.279 e. The number of halogens is 3. The lowest BCUT2D eigenvalue weighted by molar-refractivity contribution is -0.885. The van der Waals surface area contributed by atoms with Crippen molar-refractivity contribution in [3.63, 3.8) is 0 Å². The first-order valence-electron chi connectivity index (χ1n) is 6.76. The van der Waals surface area contributed by atoms with Crippen molar-refractivity contribution in [3.8, 4) is 0 Å². The van der Waals surface area contributed by atoms with Crippen LogP contribution in [0.4, 0.5) is 10.1 Å². The van der Waals surface area contributed by atoms with Crippen LogP contribution in [0.1, 0.15) is 5.56 Å². The molecule has 2 N–H and O–H groups in total. The Balaban J connectivity index is 1.96. The number of rotatable bonds is 5. The van der Waals surface area contributed by atoms with Gasteiger partial charge in [-0.05, 0) is 40.2 Å². The fraction of sp³-hybridized carbons (Fsp3) is 0.188. The molecule has 0 aliphatic rings. The molecule has 0 heterocycles. The molecule has 0 saturated heterocycles. The summed E-state index contributed by atoms with van der Waals surface area (Å²) in [6.07, 6.45) is 0. The Bertz CT molecular complexity index is 661. The van der Waals surface area contributed by atoms with Crippen molar-refractivity contribution in [2.75, 3.05) is 18.9 Å². The van der Waals surface area contributed by atoms with Crippen molar-refractivity contribution >= 4 is 39.1 Å². The second-order valence-electron chi connectivity index (χ2n) is 5.04. The fourth-order valence-electron chi connectivity index (χ4n) is 2.10. The Morgan fingerprint density at radius 3 is 2.68 bits per heavy atom. The molecule has 22 heavy (non-hydrogen) atoms. The molecular formula is C16H16BrClFN2O+. The Morgan fingerprint density at radius 2 is 2.00 bits per heavy atom. The molecular weight excluding hydrogens is 371 g/mol. The summed E-state index contributed by atoms with van der Waals surface area (Å²) in [6.45, 7) is 0.556. The van der Waals surface area contributed by atoms with Crippen LogP contribution >= 0.6 is 27.5 Å². The summed E-state index contributed by atoms with van der Waals surface area (Å²) in [6, 6.07) is 12.0. The molecule has 0 fully saturated rings. The van der Waals surface area contributed by atoms with E-state index in [1.807, 2.05) is 31.3 Å². The molecule has 0 radical (unpaired) electrons. The van der Waals surface area contributed by atoms with Crippen molar-refractivity contribution in [2.24, 2.45) is 0 Å². The normalized spacial score (nSPS) is 12.0. The molecule has 2 rings (SSSR count). The molecule has 2 aromatic rings. The van der Waals surface area contributed by atoms with Crippen LogP contribution in [-0.2, 0) is 11.3 Å². The van der Waals surface area contributed by atoms with Gasteiger partial charge in [0.1, 0.15) is 12.4 Å². The van der Waals surface area contributed by atoms with E-state index in [1.54, 1.807) is 12.1 Å². The van der Waals surface area contributed by atoms with Gasteiger partial charge in [-0.25, -0.2) is 4.39 Å². The smallest absolute Gasteiger partial charge is 0.279 e. The average molecular weight is 387 g/mol. The molecule has 0 bridgehead atoms. The summed E-state index contributed by atoms with van der Waals surface area (Å²) >= 11 is 9.38. The van der Waals surface area contributed by atoms with Crippen LogP contribution in [0.3, 0.4) is 0 Å². The molecule has 0 spiro atoms. The topological polar surface area (TPSA) is 33.5 Å². The van der Waals surface area contributed by atoms with E-state index in [9.17, 15) is 9.18 Å². The van der Waals surface area contributed by atoms with Crippen LogP contribution in [0.15, 0.2) is 46.9 Å². The number of quaternary nitrogens is 1. The van der Waals surface area contributed by atoms with Gasteiger partial charge in [0.15, 0.2) is 6.54 Å². The summed E-state index contributed by atoms with van der Waals surface area (Å²) in [5, 5.41) is 3.20. The zero-order valence-corrected chi connectivity index (χ0v) is 14.3. The molecule has 116 valence electrons. The minimum atomic E-state index is -0.349. The van der Waals surface area contributed by atoms with Gasteiger partial charge in [-0.1, -0.05) is 29.8 Å². The molecule has 0 aliphatic heterocycles. The van der Waals surface area contributed by atoms with Crippen molar-refractivity contribution in [1.29, 1.82) is 0 Å². The lowest BCUT2D eigenvalue weighted by Crippen LogP contribution is -3.08. The Kier molecular flexibility index (Phi) is 5.94. The quantitative estimate of drug-likeness (QED) is 0.814. The van der Waals surface area contributed by atoms with E-state index < -0.39 is 0 Å². The number of anilines is 1. The predicted octanol–water partition coefficient (Wildman–Crippen LogP) is 2.90. The number of para-hydroxylation sites is 1. The van der Waals surface area contributed by atoms with Gasteiger partial charge in [0.25, 0.3) is 5.91 Å². The number of carbonyl (C=O) groups excluding carboxylic acids is 1. The molecule has 3 nitrogen and oxygen atoms in total. The highest BCUT2D eigenvalue weighted by Gasteiger charge is 2.16. The number of hydrogen-bond acceptors (Lipinski definition) is 1.